The summed E-state index contributed by atoms with van der Waals surface area (Å²) >= 11 is 0. The fourth-order valence-corrected chi connectivity index (χ4v) is 4.50. The Kier molecular flexibility index (Phi) is 8.73. The van der Waals surface area contributed by atoms with Gasteiger partial charge in [0.05, 0.1) is 0 Å². The van der Waals surface area contributed by atoms with Crippen LogP contribution in [0.4, 0.5) is 0 Å². The number of likely N-dealkylation sites (tertiary alicyclic amines) is 1. The number of hydrogen-bond acceptors (Lipinski definition) is 2. The molecule has 5 nitrogen and oxygen atoms in total. The Hall–Kier alpha value is -0.760. The normalized spacial score (nSPS) is 21.1. The predicted molar refractivity (Wildman–Crippen MR) is 120 cm³/mol. The summed E-state index contributed by atoms with van der Waals surface area (Å²) in [5, 5.41) is 7.11. The van der Waals surface area contributed by atoms with E-state index in [1.54, 1.807) is 0 Å². The van der Waals surface area contributed by atoms with Gasteiger partial charge in [-0.1, -0.05) is 25.7 Å². The molecule has 3 rings (SSSR count). The number of rotatable bonds is 5. The molecule has 0 unspecified atom stereocenters. The maximum atomic E-state index is 4.44. The van der Waals surface area contributed by atoms with E-state index in [0.29, 0.717) is 5.54 Å². The molecule has 2 fully saturated rings. The Balaban J connectivity index is 0.00000243. The Morgan fingerprint density at radius 2 is 1.77 bits per heavy atom. The standard InChI is InChI=1S/C20H35N5.HI/c1-21-19(22-15-18-9-14-24(2)16-18)23-17-20(10-5-3-6-11-20)25-12-7-4-8-13-25;/h9,14,16H,3-8,10-13,15,17H2,1-2H3,(H2,21,22,23);1H. The van der Waals surface area contributed by atoms with Crippen LogP contribution in [0.15, 0.2) is 23.5 Å². The van der Waals surface area contributed by atoms with Crippen LogP contribution in [0, 0.1) is 0 Å². The fraction of sp³-hybridized carbons (Fsp3) is 0.750. The summed E-state index contributed by atoms with van der Waals surface area (Å²) in [6.45, 7) is 4.38. The van der Waals surface area contributed by atoms with Gasteiger partial charge in [-0.05, 0) is 50.4 Å². The van der Waals surface area contributed by atoms with Gasteiger partial charge in [-0.25, -0.2) is 0 Å². The molecule has 148 valence electrons. The molecule has 2 heterocycles. The molecule has 1 aliphatic heterocycles. The van der Waals surface area contributed by atoms with Gasteiger partial charge in [0.2, 0.25) is 0 Å². The Morgan fingerprint density at radius 1 is 1.08 bits per heavy atom. The Labute approximate surface area is 176 Å². The van der Waals surface area contributed by atoms with Crippen LogP contribution in [0.5, 0.6) is 0 Å². The molecule has 26 heavy (non-hydrogen) atoms. The van der Waals surface area contributed by atoms with Crippen molar-refractivity contribution in [2.75, 3.05) is 26.7 Å². The largest absolute Gasteiger partial charge is 0.357 e. The molecule has 0 aromatic carbocycles. The van der Waals surface area contributed by atoms with Crippen LogP contribution in [-0.4, -0.2) is 47.6 Å². The predicted octanol–water partition coefficient (Wildman–Crippen LogP) is 3.50. The SMILES string of the molecule is CN=C(NCc1ccn(C)c1)NCC1(N2CCCCC2)CCCCC1.I. The highest BCUT2D eigenvalue weighted by Crippen LogP contribution is 2.35. The molecule has 2 N–H and O–H groups in total. The van der Waals surface area contributed by atoms with E-state index in [2.05, 4.69) is 50.6 Å². The first-order valence-electron chi connectivity index (χ1n) is 10.0. The number of aryl methyl sites for hydroxylation is 1. The molecule has 0 atom stereocenters. The Bertz CT molecular complexity index is 556. The number of halogens is 1. The van der Waals surface area contributed by atoms with Gasteiger partial charge in [-0.3, -0.25) is 9.89 Å². The molecule has 1 aliphatic carbocycles. The summed E-state index contributed by atoms with van der Waals surface area (Å²) in [5.74, 6) is 0.922. The van der Waals surface area contributed by atoms with Crippen molar-refractivity contribution in [2.24, 2.45) is 12.0 Å². The third-order valence-electron chi connectivity index (χ3n) is 5.97. The summed E-state index contributed by atoms with van der Waals surface area (Å²) in [4.78, 5) is 7.22. The van der Waals surface area contributed by atoms with E-state index in [1.807, 2.05) is 7.05 Å². The van der Waals surface area contributed by atoms with Crippen LogP contribution >= 0.6 is 24.0 Å². The van der Waals surface area contributed by atoms with Crippen LogP contribution in [0.2, 0.25) is 0 Å². The number of nitrogens with zero attached hydrogens (tertiary/aromatic N) is 3. The number of aliphatic imine (C=N–C) groups is 1. The molecule has 6 heteroatoms. The first-order valence-corrected chi connectivity index (χ1v) is 10.0. The molecule has 0 radical (unpaired) electrons. The van der Waals surface area contributed by atoms with E-state index in [9.17, 15) is 0 Å². The van der Waals surface area contributed by atoms with Crippen LogP contribution in [0.1, 0.15) is 56.9 Å². The lowest BCUT2D eigenvalue weighted by atomic mass is 9.79. The quantitative estimate of drug-likeness (QED) is 0.391. The van der Waals surface area contributed by atoms with Gasteiger partial charge in [0.1, 0.15) is 0 Å². The molecule has 1 aromatic heterocycles. The van der Waals surface area contributed by atoms with Crippen molar-refractivity contribution in [1.29, 1.82) is 0 Å². The van der Waals surface area contributed by atoms with Gasteiger partial charge in [-0.2, -0.15) is 0 Å². The van der Waals surface area contributed by atoms with E-state index < -0.39 is 0 Å². The number of guanidine groups is 1. The zero-order valence-corrected chi connectivity index (χ0v) is 18.8. The first-order chi connectivity index (χ1) is 12.2. The number of hydrogen-bond donors (Lipinski definition) is 2. The monoisotopic (exact) mass is 473 g/mol. The summed E-state index contributed by atoms with van der Waals surface area (Å²) in [6.07, 6.45) is 15.2. The first kappa shape index (κ1) is 21.5. The molecular formula is C20H36IN5. The smallest absolute Gasteiger partial charge is 0.191 e. The van der Waals surface area contributed by atoms with E-state index >= 15 is 0 Å². The van der Waals surface area contributed by atoms with E-state index in [1.165, 1.54) is 70.0 Å². The van der Waals surface area contributed by atoms with Crippen molar-refractivity contribution < 1.29 is 0 Å². The van der Waals surface area contributed by atoms with E-state index in [-0.39, 0.29) is 24.0 Å². The van der Waals surface area contributed by atoms with Gasteiger partial charge < -0.3 is 15.2 Å². The van der Waals surface area contributed by atoms with Crippen molar-refractivity contribution in [1.82, 2.24) is 20.1 Å². The Morgan fingerprint density at radius 3 is 2.38 bits per heavy atom. The van der Waals surface area contributed by atoms with E-state index in [0.717, 1.165) is 19.0 Å². The average molecular weight is 473 g/mol. The van der Waals surface area contributed by atoms with Crippen molar-refractivity contribution in [3.8, 4) is 0 Å². The lowest BCUT2D eigenvalue weighted by Gasteiger charge is -2.48. The summed E-state index contributed by atoms with van der Waals surface area (Å²) in [6, 6.07) is 2.15. The third kappa shape index (κ3) is 5.62. The summed E-state index contributed by atoms with van der Waals surface area (Å²) in [5.41, 5.74) is 1.62. The van der Waals surface area contributed by atoms with Crippen molar-refractivity contribution >= 4 is 29.9 Å². The maximum absolute atomic E-state index is 4.44. The fourth-order valence-electron chi connectivity index (χ4n) is 4.50. The summed E-state index contributed by atoms with van der Waals surface area (Å²) in [7, 11) is 3.93. The second-order valence-electron chi connectivity index (χ2n) is 7.80. The molecular weight excluding hydrogens is 437 g/mol. The van der Waals surface area contributed by atoms with E-state index in [4.69, 9.17) is 0 Å². The zero-order chi connectivity index (χ0) is 17.5. The minimum absolute atomic E-state index is 0. The average Bonchev–Trinajstić information content (AvgIpc) is 3.08. The van der Waals surface area contributed by atoms with Gasteiger partial charge >= 0.3 is 0 Å². The van der Waals surface area contributed by atoms with Crippen molar-refractivity contribution in [3.05, 3.63) is 24.0 Å². The van der Waals surface area contributed by atoms with Crippen LogP contribution in [0.25, 0.3) is 0 Å². The third-order valence-corrected chi connectivity index (χ3v) is 5.97. The van der Waals surface area contributed by atoms with Crippen molar-refractivity contribution in [3.63, 3.8) is 0 Å². The zero-order valence-electron chi connectivity index (χ0n) is 16.5. The number of piperidine rings is 1. The van der Waals surface area contributed by atoms with Gasteiger partial charge in [-0.15, -0.1) is 24.0 Å². The molecule has 0 amide bonds. The minimum atomic E-state index is 0. The minimum Gasteiger partial charge on any atom is -0.357 e. The second-order valence-corrected chi connectivity index (χ2v) is 7.80. The maximum Gasteiger partial charge on any atom is 0.191 e. The van der Waals surface area contributed by atoms with Gasteiger partial charge in [0, 0.05) is 45.1 Å². The lowest BCUT2D eigenvalue weighted by molar-refractivity contribution is 0.0368. The highest BCUT2D eigenvalue weighted by molar-refractivity contribution is 14.0. The van der Waals surface area contributed by atoms with Gasteiger partial charge in [0.25, 0.3) is 0 Å². The van der Waals surface area contributed by atoms with Gasteiger partial charge in [0.15, 0.2) is 5.96 Å². The number of nitrogens with one attached hydrogen (secondary N) is 2. The second kappa shape index (κ2) is 10.5. The van der Waals surface area contributed by atoms with Crippen LogP contribution in [0.3, 0.4) is 0 Å². The molecule has 1 saturated carbocycles. The molecule has 2 aliphatic rings. The van der Waals surface area contributed by atoms with Crippen molar-refractivity contribution in [2.45, 2.75) is 63.5 Å². The number of aromatic nitrogens is 1. The highest BCUT2D eigenvalue weighted by atomic mass is 127. The highest BCUT2D eigenvalue weighted by Gasteiger charge is 2.38. The lowest BCUT2D eigenvalue weighted by Crippen LogP contribution is -2.59. The van der Waals surface area contributed by atoms with Crippen LogP contribution in [-0.2, 0) is 13.6 Å². The van der Waals surface area contributed by atoms with Crippen LogP contribution < -0.4 is 10.6 Å². The molecule has 0 spiro atoms. The molecule has 1 aromatic rings. The summed E-state index contributed by atoms with van der Waals surface area (Å²) < 4.78 is 2.08. The molecule has 0 bridgehead atoms. The topological polar surface area (TPSA) is 44.6 Å². The molecule has 1 saturated heterocycles.